The summed E-state index contributed by atoms with van der Waals surface area (Å²) >= 11 is 0. The molecule has 5 heteroatoms. The van der Waals surface area contributed by atoms with Gasteiger partial charge in [-0.3, -0.25) is 4.68 Å². The molecule has 0 saturated heterocycles. The fraction of sp³-hybridized carbons (Fsp3) is 0.429. The molecular formula is C14H21N5. The Morgan fingerprint density at radius 1 is 1.26 bits per heavy atom. The van der Waals surface area contributed by atoms with Crippen LogP contribution in [0.15, 0.2) is 30.6 Å². The van der Waals surface area contributed by atoms with E-state index in [4.69, 9.17) is 5.73 Å². The first-order chi connectivity index (χ1) is 9.22. The molecule has 2 aromatic rings. The van der Waals surface area contributed by atoms with Crippen molar-refractivity contribution >= 4 is 5.69 Å². The van der Waals surface area contributed by atoms with Gasteiger partial charge in [-0.25, -0.2) is 4.98 Å². The van der Waals surface area contributed by atoms with Crippen molar-refractivity contribution in [3.05, 3.63) is 30.6 Å². The average Bonchev–Trinajstić information content (AvgIpc) is 2.89. The van der Waals surface area contributed by atoms with E-state index in [-0.39, 0.29) is 0 Å². The summed E-state index contributed by atoms with van der Waals surface area (Å²) in [6, 6.07) is 7.65. The zero-order valence-corrected chi connectivity index (χ0v) is 11.6. The van der Waals surface area contributed by atoms with Crippen LogP contribution in [0.25, 0.3) is 11.4 Å². The molecule has 0 bridgehead atoms. The minimum Gasteiger partial charge on any atom is -0.399 e. The van der Waals surface area contributed by atoms with Crippen LogP contribution in [0.5, 0.6) is 0 Å². The van der Waals surface area contributed by atoms with E-state index >= 15 is 0 Å². The summed E-state index contributed by atoms with van der Waals surface area (Å²) in [6.07, 6.45) is 1.78. The summed E-state index contributed by atoms with van der Waals surface area (Å²) in [7, 11) is 0. The van der Waals surface area contributed by atoms with Gasteiger partial charge in [-0.2, -0.15) is 5.10 Å². The molecule has 0 amide bonds. The maximum Gasteiger partial charge on any atom is 0.181 e. The first-order valence-electron chi connectivity index (χ1n) is 6.70. The van der Waals surface area contributed by atoms with Crippen molar-refractivity contribution in [1.29, 1.82) is 0 Å². The van der Waals surface area contributed by atoms with E-state index in [9.17, 15) is 0 Å². The van der Waals surface area contributed by atoms with Crippen LogP contribution in [0, 0.1) is 0 Å². The predicted molar refractivity (Wildman–Crippen MR) is 77.7 cm³/mol. The minimum atomic E-state index is 0.729. The van der Waals surface area contributed by atoms with Gasteiger partial charge in [0.05, 0.1) is 6.54 Å². The second-order valence-corrected chi connectivity index (χ2v) is 4.48. The zero-order valence-electron chi connectivity index (χ0n) is 11.6. The molecular weight excluding hydrogens is 238 g/mol. The molecule has 2 rings (SSSR count). The van der Waals surface area contributed by atoms with Gasteiger partial charge in [0.15, 0.2) is 5.82 Å². The SMILES string of the molecule is CCN(CC)CCn1cnc(-c2cccc(N)c2)n1. The molecule has 0 radical (unpaired) electrons. The Balaban J connectivity index is 2.03. The smallest absolute Gasteiger partial charge is 0.181 e. The molecule has 0 aliphatic carbocycles. The quantitative estimate of drug-likeness (QED) is 0.805. The number of benzene rings is 1. The highest BCUT2D eigenvalue weighted by Crippen LogP contribution is 2.16. The molecule has 19 heavy (non-hydrogen) atoms. The van der Waals surface area contributed by atoms with Crippen LogP contribution < -0.4 is 5.73 Å². The maximum absolute atomic E-state index is 5.77. The van der Waals surface area contributed by atoms with Crippen LogP contribution in [0.4, 0.5) is 5.69 Å². The summed E-state index contributed by atoms with van der Waals surface area (Å²) in [5.41, 5.74) is 7.46. The number of nitrogens with two attached hydrogens (primary N) is 1. The molecule has 0 aliphatic rings. The van der Waals surface area contributed by atoms with E-state index in [1.165, 1.54) is 0 Å². The molecule has 1 aromatic heterocycles. The van der Waals surface area contributed by atoms with E-state index in [0.717, 1.165) is 43.3 Å². The summed E-state index contributed by atoms with van der Waals surface area (Å²) in [6.45, 7) is 8.32. The molecule has 2 N–H and O–H groups in total. The van der Waals surface area contributed by atoms with Crippen LogP contribution in [0.3, 0.4) is 0 Å². The number of nitrogen functional groups attached to an aromatic ring is 1. The molecule has 102 valence electrons. The van der Waals surface area contributed by atoms with Gasteiger partial charge in [0, 0.05) is 17.8 Å². The second kappa shape index (κ2) is 6.33. The van der Waals surface area contributed by atoms with E-state index in [0.29, 0.717) is 0 Å². The Bertz CT molecular complexity index is 516. The van der Waals surface area contributed by atoms with Gasteiger partial charge >= 0.3 is 0 Å². The van der Waals surface area contributed by atoms with Gasteiger partial charge in [0.2, 0.25) is 0 Å². The molecule has 0 unspecified atom stereocenters. The van der Waals surface area contributed by atoms with E-state index in [1.807, 2.05) is 28.9 Å². The fourth-order valence-electron chi connectivity index (χ4n) is 2.00. The van der Waals surface area contributed by atoms with E-state index < -0.39 is 0 Å². The van der Waals surface area contributed by atoms with Crippen molar-refractivity contribution in [3.63, 3.8) is 0 Å². The number of rotatable bonds is 6. The lowest BCUT2D eigenvalue weighted by Crippen LogP contribution is -2.27. The Kier molecular flexibility index (Phi) is 4.52. The summed E-state index contributed by atoms with van der Waals surface area (Å²) < 4.78 is 1.89. The van der Waals surface area contributed by atoms with Gasteiger partial charge in [-0.05, 0) is 25.2 Å². The van der Waals surface area contributed by atoms with Crippen molar-refractivity contribution in [2.24, 2.45) is 0 Å². The van der Waals surface area contributed by atoms with Gasteiger partial charge in [-0.15, -0.1) is 0 Å². The van der Waals surface area contributed by atoms with Crippen molar-refractivity contribution in [3.8, 4) is 11.4 Å². The van der Waals surface area contributed by atoms with E-state index in [1.54, 1.807) is 6.33 Å². The Morgan fingerprint density at radius 2 is 2.05 bits per heavy atom. The highest BCUT2D eigenvalue weighted by molar-refractivity contribution is 5.60. The lowest BCUT2D eigenvalue weighted by Gasteiger charge is -2.17. The zero-order chi connectivity index (χ0) is 13.7. The fourth-order valence-corrected chi connectivity index (χ4v) is 2.00. The monoisotopic (exact) mass is 259 g/mol. The summed E-state index contributed by atoms with van der Waals surface area (Å²) in [4.78, 5) is 6.70. The number of likely N-dealkylation sites (N-methyl/N-ethyl adjacent to an activating group) is 1. The standard InChI is InChI=1S/C14H21N5/c1-3-18(4-2)8-9-19-11-16-14(17-19)12-6-5-7-13(15)10-12/h5-7,10-11H,3-4,8-9,15H2,1-2H3. The molecule has 0 atom stereocenters. The number of aromatic nitrogens is 3. The topological polar surface area (TPSA) is 60.0 Å². The number of hydrogen-bond acceptors (Lipinski definition) is 4. The van der Waals surface area contributed by atoms with Crippen LogP contribution in [0.1, 0.15) is 13.8 Å². The Hall–Kier alpha value is -1.88. The van der Waals surface area contributed by atoms with Crippen molar-refractivity contribution in [2.45, 2.75) is 20.4 Å². The molecule has 0 aliphatic heterocycles. The number of nitrogens with zero attached hydrogens (tertiary/aromatic N) is 4. The maximum atomic E-state index is 5.77. The first kappa shape index (κ1) is 13.5. The molecule has 5 nitrogen and oxygen atoms in total. The largest absolute Gasteiger partial charge is 0.399 e. The molecule has 1 aromatic carbocycles. The minimum absolute atomic E-state index is 0.729. The summed E-state index contributed by atoms with van der Waals surface area (Å²) in [5.74, 6) is 0.729. The third-order valence-electron chi connectivity index (χ3n) is 3.22. The predicted octanol–water partition coefficient (Wildman–Crippen LogP) is 1.87. The van der Waals surface area contributed by atoms with Crippen LogP contribution in [-0.4, -0.2) is 39.3 Å². The number of anilines is 1. The molecule has 1 heterocycles. The highest BCUT2D eigenvalue weighted by atomic mass is 15.3. The average molecular weight is 259 g/mol. The van der Waals surface area contributed by atoms with Crippen LogP contribution in [0.2, 0.25) is 0 Å². The lowest BCUT2D eigenvalue weighted by molar-refractivity contribution is 0.285. The summed E-state index contributed by atoms with van der Waals surface area (Å²) in [5, 5.41) is 4.49. The second-order valence-electron chi connectivity index (χ2n) is 4.48. The van der Waals surface area contributed by atoms with Crippen LogP contribution >= 0.6 is 0 Å². The highest BCUT2D eigenvalue weighted by Gasteiger charge is 2.05. The number of hydrogen-bond donors (Lipinski definition) is 1. The first-order valence-corrected chi connectivity index (χ1v) is 6.70. The van der Waals surface area contributed by atoms with Crippen LogP contribution in [-0.2, 0) is 6.54 Å². The Labute approximate surface area is 114 Å². The van der Waals surface area contributed by atoms with Gasteiger partial charge < -0.3 is 10.6 Å². The molecule has 0 saturated carbocycles. The molecule has 0 fully saturated rings. The van der Waals surface area contributed by atoms with Crippen molar-refractivity contribution < 1.29 is 0 Å². The van der Waals surface area contributed by atoms with Crippen molar-refractivity contribution in [2.75, 3.05) is 25.4 Å². The molecule has 0 spiro atoms. The lowest BCUT2D eigenvalue weighted by atomic mass is 10.2. The third-order valence-corrected chi connectivity index (χ3v) is 3.22. The van der Waals surface area contributed by atoms with E-state index in [2.05, 4.69) is 28.8 Å². The third kappa shape index (κ3) is 3.54. The van der Waals surface area contributed by atoms with Gasteiger partial charge in [-0.1, -0.05) is 26.0 Å². The van der Waals surface area contributed by atoms with Crippen molar-refractivity contribution in [1.82, 2.24) is 19.7 Å². The van der Waals surface area contributed by atoms with Gasteiger partial charge in [0.1, 0.15) is 6.33 Å². The Morgan fingerprint density at radius 3 is 2.74 bits per heavy atom. The van der Waals surface area contributed by atoms with Gasteiger partial charge in [0.25, 0.3) is 0 Å². The normalized spacial score (nSPS) is 11.1.